The summed E-state index contributed by atoms with van der Waals surface area (Å²) in [5.41, 5.74) is 0.297. The van der Waals surface area contributed by atoms with Crippen molar-refractivity contribution in [2.45, 2.75) is 57.6 Å². The third-order valence-corrected chi connectivity index (χ3v) is 6.66. The summed E-state index contributed by atoms with van der Waals surface area (Å²) in [6.07, 6.45) is 3.93. The number of benzene rings is 2. The van der Waals surface area contributed by atoms with Gasteiger partial charge in [0.05, 0.1) is 17.7 Å². The van der Waals surface area contributed by atoms with Gasteiger partial charge in [-0.05, 0) is 61.6 Å². The number of carbonyl (C=O) groups excluding carboxylic acids is 1. The molecule has 152 valence electrons. The fourth-order valence-electron chi connectivity index (χ4n) is 4.09. The molecule has 29 heavy (non-hydrogen) atoms. The quantitative estimate of drug-likeness (QED) is 0.693. The molecule has 2 aromatic rings. The first-order valence-electron chi connectivity index (χ1n) is 10.1. The zero-order valence-corrected chi connectivity index (χ0v) is 17.7. The highest BCUT2D eigenvalue weighted by molar-refractivity contribution is 6.30. The van der Waals surface area contributed by atoms with E-state index in [2.05, 4.69) is 11.4 Å². The van der Waals surface area contributed by atoms with Crippen LogP contribution in [0.4, 0.5) is 0 Å². The highest BCUT2D eigenvalue weighted by Crippen LogP contribution is 2.44. The zero-order valence-electron chi connectivity index (χ0n) is 16.9. The molecule has 0 heterocycles. The average molecular weight is 411 g/mol. The number of nitriles is 1. The number of halogens is 1. The van der Waals surface area contributed by atoms with Crippen molar-refractivity contribution in [3.63, 3.8) is 0 Å². The van der Waals surface area contributed by atoms with Gasteiger partial charge < -0.3 is 10.4 Å². The van der Waals surface area contributed by atoms with Gasteiger partial charge in [-0.1, -0.05) is 49.2 Å². The Balaban J connectivity index is 1.93. The van der Waals surface area contributed by atoms with Crippen LogP contribution >= 0.6 is 11.6 Å². The van der Waals surface area contributed by atoms with Crippen LogP contribution in [0.5, 0.6) is 0 Å². The Morgan fingerprint density at radius 1 is 1.31 bits per heavy atom. The van der Waals surface area contributed by atoms with E-state index in [0.29, 0.717) is 22.6 Å². The van der Waals surface area contributed by atoms with Crippen molar-refractivity contribution >= 4 is 17.5 Å². The molecule has 0 aliphatic heterocycles. The topological polar surface area (TPSA) is 73.1 Å². The molecule has 2 atom stereocenters. The molecule has 2 N–H and O–H groups in total. The summed E-state index contributed by atoms with van der Waals surface area (Å²) < 4.78 is 0. The fourth-order valence-corrected chi connectivity index (χ4v) is 4.22. The number of carbonyl (C=O) groups is 1. The van der Waals surface area contributed by atoms with E-state index in [9.17, 15) is 15.2 Å². The van der Waals surface area contributed by atoms with E-state index in [1.807, 2.05) is 26.0 Å². The maximum Gasteiger partial charge on any atom is 0.226 e. The first-order chi connectivity index (χ1) is 13.8. The minimum Gasteiger partial charge on any atom is -0.383 e. The number of nitrogens with zero attached hydrogens (tertiary/aromatic N) is 1. The second kappa shape index (κ2) is 8.57. The molecular weight excluding hydrogens is 384 g/mol. The Morgan fingerprint density at radius 2 is 2.00 bits per heavy atom. The summed E-state index contributed by atoms with van der Waals surface area (Å²) in [4.78, 5) is 13.0. The minimum absolute atomic E-state index is 0.00437. The Hall–Kier alpha value is -2.35. The molecular formula is C24H27ClN2O2. The molecule has 4 nitrogen and oxygen atoms in total. The first kappa shape index (κ1) is 21.4. The Kier molecular flexibility index (Phi) is 6.31. The summed E-state index contributed by atoms with van der Waals surface area (Å²) in [6.45, 7) is 3.87. The van der Waals surface area contributed by atoms with Gasteiger partial charge in [0.15, 0.2) is 0 Å². The highest BCUT2D eigenvalue weighted by Gasteiger charge is 2.45. The van der Waals surface area contributed by atoms with E-state index in [4.69, 9.17) is 11.6 Å². The third kappa shape index (κ3) is 4.32. The molecule has 0 aromatic heterocycles. The van der Waals surface area contributed by atoms with Crippen molar-refractivity contribution in [1.82, 2.24) is 5.32 Å². The number of rotatable bonds is 7. The van der Waals surface area contributed by atoms with Crippen LogP contribution in [0.25, 0.3) is 0 Å². The summed E-state index contributed by atoms with van der Waals surface area (Å²) in [5, 5.41) is 24.8. The monoisotopic (exact) mass is 410 g/mol. The second-order valence-corrected chi connectivity index (χ2v) is 8.54. The maximum absolute atomic E-state index is 13.0. The molecule has 0 saturated heterocycles. The van der Waals surface area contributed by atoms with Gasteiger partial charge in [-0.2, -0.15) is 5.26 Å². The lowest BCUT2D eigenvalue weighted by molar-refractivity contribution is -0.139. The van der Waals surface area contributed by atoms with Crippen molar-refractivity contribution in [1.29, 1.82) is 5.26 Å². The van der Waals surface area contributed by atoms with Gasteiger partial charge in [0.1, 0.15) is 5.60 Å². The zero-order chi connectivity index (χ0) is 21.1. The van der Waals surface area contributed by atoms with Crippen molar-refractivity contribution in [2.24, 2.45) is 5.41 Å². The third-order valence-electron chi connectivity index (χ3n) is 6.41. The van der Waals surface area contributed by atoms with Gasteiger partial charge in [-0.3, -0.25) is 4.79 Å². The number of amides is 1. The smallest absolute Gasteiger partial charge is 0.226 e. The van der Waals surface area contributed by atoms with Crippen molar-refractivity contribution < 1.29 is 9.90 Å². The van der Waals surface area contributed by atoms with Crippen molar-refractivity contribution in [2.75, 3.05) is 0 Å². The number of nitrogens with one attached hydrogen (secondary N) is 1. The van der Waals surface area contributed by atoms with E-state index >= 15 is 0 Å². The molecule has 1 aliphatic carbocycles. The molecule has 5 heteroatoms. The van der Waals surface area contributed by atoms with Gasteiger partial charge >= 0.3 is 0 Å². The number of aliphatic hydroxyl groups is 1. The van der Waals surface area contributed by atoms with Crippen LogP contribution in [-0.4, -0.2) is 17.1 Å². The Labute approximate surface area is 177 Å². The van der Waals surface area contributed by atoms with E-state index in [1.165, 1.54) is 0 Å². The molecule has 1 fully saturated rings. The number of hydrogen-bond donors (Lipinski definition) is 2. The van der Waals surface area contributed by atoms with Crippen molar-refractivity contribution in [3.8, 4) is 6.07 Å². The van der Waals surface area contributed by atoms with Crippen LogP contribution in [0, 0.1) is 16.7 Å². The highest BCUT2D eigenvalue weighted by atomic mass is 35.5. The summed E-state index contributed by atoms with van der Waals surface area (Å²) >= 11 is 6.00. The maximum atomic E-state index is 13.0. The van der Waals surface area contributed by atoms with E-state index in [0.717, 1.165) is 31.2 Å². The van der Waals surface area contributed by atoms with Gasteiger partial charge in [-0.25, -0.2) is 0 Å². The molecule has 1 saturated carbocycles. The predicted octanol–water partition coefficient (Wildman–Crippen LogP) is 4.73. The van der Waals surface area contributed by atoms with E-state index in [-0.39, 0.29) is 11.3 Å². The summed E-state index contributed by atoms with van der Waals surface area (Å²) in [7, 11) is 0. The molecule has 2 aromatic carbocycles. The molecule has 0 spiro atoms. The predicted molar refractivity (Wildman–Crippen MR) is 114 cm³/mol. The van der Waals surface area contributed by atoms with Crippen LogP contribution in [-0.2, 0) is 16.8 Å². The molecule has 3 rings (SSSR count). The Morgan fingerprint density at radius 3 is 2.55 bits per heavy atom. The van der Waals surface area contributed by atoms with E-state index in [1.54, 1.807) is 36.4 Å². The average Bonchev–Trinajstić information content (AvgIpc) is 2.69. The molecule has 1 amide bonds. The fraction of sp³-hybridized carbons (Fsp3) is 0.417. The first-order valence-corrected chi connectivity index (χ1v) is 10.5. The Bertz CT molecular complexity index is 910. The van der Waals surface area contributed by atoms with Crippen LogP contribution < -0.4 is 5.32 Å². The molecule has 1 unspecified atom stereocenters. The molecule has 0 radical (unpaired) electrons. The van der Waals surface area contributed by atoms with E-state index < -0.39 is 11.6 Å². The lowest BCUT2D eigenvalue weighted by Crippen LogP contribution is -2.55. The van der Waals surface area contributed by atoms with Gasteiger partial charge in [0, 0.05) is 16.9 Å². The van der Waals surface area contributed by atoms with Crippen LogP contribution in [0.15, 0.2) is 48.5 Å². The van der Waals surface area contributed by atoms with Gasteiger partial charge in [0.2, 0.25) is 5.91 Å². The SMILES string of the molecule is CCC1(C(=O)N[C@@H](C)C(O)(Cc2ccc(Cl)cc2)c2cccc(C#N)c2)CCC1. The minimum atomic E-state index is -1.37. The van der Waals surface area contributed by atoms with Crippen LogP contribution in [0.1, 0.15) is 56.2 Å². The summed E-state index contributed by atoms with van der Waals surface area (Å²) in [6, 6.07) is 15.9. The van der Waals surface area contributed by atoms with Gasteiger partial charge in [0.25, 0.3) is 0 Å². The van der Waals surface area contributed by atoms with Crippen molar-refractivity contribution in [3.05, 3.63) is 70.2 Å². The van der Waals surface area contributed by atoms with Crippen LogP contribution in [0.3, 0.4) is 0 Å². The normalized spacial score (nSPS) is 18.0. The number of hydrogen-bond acceptors (Lipinski definition) is 3. The molecule has 0 bridgehead atoms. The van der Waals surface area contributed by atoms with Crippen LogP contribution in [0.2, 0.25) is 5.02 Å². The lowest BCUT2D eigenvalue weighted by Gasteiger charge is -2.43. The second-order valence-electron chi connectivity index (χ2n) is 8.10. The standard InChI is InChI=1S/C24H27ClN2O2/c1-3-23(12-5-13-23)22(28)27-17(2)24(29,15-18-8-10-21(25)11-9-18)20-7-4-6-19(14-20)16-26/h4,6-11,14,17,29H,3,5,12-13,15H2,1-2H3,(H,27,28)/t17-,24?/m0/s1. The summed E-state index contributed by atoms with van der Waals surface area (Å²) in [5.74, 6) is 0.00437. The molecule has 1 aliphatic rings. The van der Waals surface area contributed by atoms with Gasteiger partial charge in [-0.15, -0.1) is 0 Å². The largest absolute Gasteiger partial charge is 0.383 e. The lowest BCUT2D eigenvalue weighted by atomic mass is 9.66.